The van der Waals surface area contributed by atoms with Gasteiger partial charge in [0, 0.05) is 0 Å². The zero-order chi connectivity index (χ0) is 39.0. The monoisotopic (exact) mass is 773 g/mol. The van der Waals surface area contributed by atoms with Gasteiger partial charge in [0.15, 0.2) is 0 Å². The van der Waals surface area contributed by atoms with E-state index in [0.717, 1.165) is 82.1 Å². The van der Waals surface area contributed by atoms with Crippen molar-refractivity contribution in [3.63, 3.8) is 0 Å². The zero-order valence-electron chi connectivity index (χ0n) is 39.0. The number of rotatable bonds is 8. The molecule has 0 spiro atoms. The fourth-order valence-corrected chi connectivity index (χ4v) is 25.5. The molecule has 316 valence electrons. The lowest BCUT2D eigenvalue weighted by molar-refractivity contribution is 0.0619. The standard InChI is InChI=1S/C54H96Si/c1-51(2,3)41-25-21-37(22-26-41)43-17-15-19-45-47(43)33-39(35-53(7)29-11-12-30-53)49(45)55(9,10)50-40(36-54(8)31-13-14-32-54)34-48-44(18-16-20-46(48)50)38-23-27-42(28-24-38)52(4,5)6/h37-50H,11-36H2,1-10H3. The second kappa shape index (κ2) is 15.9. The van der Waals surface area contributed by atoms with E-state index in [1.807, 2.05) is 0 Å². The Balaban J connectivity index is 1.09. The Morgan fingerprint density at radius 3 is 1.07 bits per heavy atom. The minimum Gasteiger partial charge on any atom is -0.0689 e. The molecule has 0 saturated heterocycles. The minimum absolute atomic E-state index is 0.505. The molecule has 0 aliphatic heterocycles. The van der Waals surface area contributed by atoms with Gasteiger partial charge < -0.3 is 0 Å². The maximum Gasteiger partial charge on any atom is 0.0547 e. The van der Waals surface area contributed by atoms with Crippen LogP contribution in [0.1, 0.15) is 222 Å². The summed E-state index contributed by atoms with van der Waals surface area (Å²) in [6.07, 6.45) is 40.8. The average molecular weight is 773 g/mol. The molecule has 8 aliphatic rings. The molecule has 0 heterocycles. The summed E-state index contributed by atoms with van der Waals surface area (Å²) in [4.78, 5) is 0. The molecule has 8 aliphatic carbocycles. The van der Waals surface area contributed by atoms with E-state index in [4.69, 9.17) is 0 Å². The largest absolute Gasteiger partial charge is 0.0689 e. The van der Waals surface area contributed by atoms with E-state index in [-0.39, 0.29) is 0 Å². The molecule has 8 saturated carbocycles. The van der Waals surface area contributed by atoms with Crippen LogP contribution in [0.15, 0.2) is 0 Å². The third-order valence-corrected chi connectivity index (χ3v) is 26.7. The van der Waals surface area contributed by atoms with E-state index in [9.17, 15) is 0 Å². The lowest BCUT2D eigenvalue weighted by Gasteiger charge is -2.51. The molecule has 0 nitrogen and oxygen atoms in total. The third-order valence-electron chi connectivity index (χ3n) is 21.5. The fraction of sp³-hybridized carbons (Fsp3) is 1.00. The van der Waals surface area contributed by atoms with Gasteiger partial charge in [-0.2, -0.15) is 0 Å². The van der Waals surface area contributed by atoms with Gasteiger partial charge in [-0.15, -0.1) is 0 Å². The Labute approximate surface area is 345 Å². The lowest BCUT2D eigenvalue weighted by Crippen LogP contribution is -2.49. The van der Waals surface area contributed by atoms with Gasteiger partial charge in [-0.05, 0) is 219 Å². The highest BCUT2D eigenvalue weighted by Crippen LogP contribution is 2.70. The first-order valence-corrected chi connectivity index (χ1v) is 29.1. The van der Waals surface area contributed by atoms with E-state index in [1.54, 1.807) is 116 Å². The second-order valence-electron chi connectivity index (χ2n) is 27.1. The van der Waals surface area contributed by atoms with E-state index < -0.39 is 8.07 Å². The number of hydrogen-bond acceptors (Lipinski definition) is 0. The fourth-order valence-electron chi connectivity index (χ4n) is 19.0. The van der Waals surface area contributed by atoms with Crippen molar-refractivity contribution in [3.8, 4) is 0 Å². The maximum absolute atomic E-state index is 3.12. The Morgan fingerprint density at radius 1 is 0.418 bits per heavy atom. The highest BCUT2D eigenvalue weighted by atomic mass is 28.3. The summed E-state index contributed by atoms with van der Waals surface area (Å²) in [6, 6.07) is 0. The van der Waals surface area contributed by atoms with Crippen molar-refractivity contribution < 1.29 is 0 Å². The SMILES string of the molecule is CC1(CC2CC3C(C4CCC(C(C)(C)C)CC4)CCCC3C2[Si](C)(C)C2C(CC3(C)CCCC3)CC3C(C4CCC(C(C)(C)C)CC4)CCCC32)CCCC1. The van der Waals surface area contributed by atoms with Crippen LogP contribution in [0.25, 0.3) is 0 Å². The Hall–Kier alpha value is 0.217. The molecule has 0 bridgehead atoms. The molecule has 0 aromatic carbocycles. The summed E-state index contributed by atoms with van der Waals surface area (Å²) in [7, 11) is -1.62. The number of hydrogen-bond donors (Lipinski definition) is 0. The molecule has 8 fully saturated rings. The summed E-state index contributed by atoms with van der Waals surface area (Å²) in [5.74, 6) is 12.6. The van der Waals surface area contributed by atoms with Crippen LogP contribution in [-0.2, 0) is 0 Å². The van der Waals surface area contributed by atoms with Crippen molar-refractivity contribution in [3.05, 3.63) is 0 Å². The van der Waals surface area contributed by atoms with Gasteiger partial charge in [0.2, 0.25) is 0 Å². The van der Waals surface area contributed by atoms with Crippen LogP contribution < -0.4 is 0 Å². The van der Waals surface area contributed by atoms with Crippen molar-refractivity contribution >= 4 is 8.07 Å². The summed E-state index contributed by atoms with van der Waals surface area (Å²) >= 11 is 0. The topological polar surface area (TPSA) is 0 Å². The van der Waals surface area contributed by atoms with Crippen LogP contribution in [0.3, 0.4) is 0 Å². The average Bonchev–Trinajstić information content (AvgIpc) is 3.92. The first-order chi connectivity index (χ1) is 26.0. The van der Waals surface area contributed by atoms with Gasteiger partial charge in [0.1, 0.15) is 0 Å². The summed E-state index contributed by atoms with van der Waals surface area (Å²) in [5.41, 5.74) is 4.55. The van der Waals surface area contributed by atoms with E-state index >= 15 is 0 Å². The van der Waals surface area contributed by atoms with E-state index in [0.29, 0.717) is 21.7 Å². The van der Waals surface area contributed by atoms with Gasteiger partial charge in [-0.3, -0.25) is 0 Å². The molecule has 0 aromatic rings. The van der Waals surface area contributed by atoms with Crippen LogP contribution in [0.2, 0.25) is 24.2 Å². The van der Waals surface area contributed by atoms with Crippen LogP contribution >= 0.6 is 0 Å². The van der Waals surface area contributed by atoms with Crippen LogP contribution in [0.4, 0.5) is 0 Å². The number of fused-ring (bicyclic) bond motifs is 2. The maximum atomic E-state index is 3.12. The van der Waals surface area contributed by atoms with Crippen molar-refractivity contribution in [2.24, 2.45) is 92.7 Å². The van der Waals surface area contributed by atoms with Gasteiger partial charge in [0.05, 0.1) is 8.07 Å². The molecule has 10 atom stereocenters. The summed E-state index contributed by atoms with van der Waals surface area (Å²) in [5, 5.41) is 0. The molecule has 0 N–H and O–H groups in total. The molecule has 0 radical (unpaired) electrons. The van der Waals surface area contributed by atoms with Crippen LogP contribution in [0.5, 0.6) is 0 Å². The Morgan fingerprint density at radius 2 is 0.745 bits per heavy atom. The molecule has 10 unspecified atom stereocenters. The Kier molecular flexibility index (Phi) is 12.1. The normalized spacial score (nSPS) is 45.1. The first kappa shape index (κ1) is 41.9. The second-order valence-corrected chi connectivity index (χ2v) is 32.1. The van der Waals surface area contributed by atoms with E-state index in [2.05, 4.69) is 68.5 Å². The lowest BCUT2D eigenvalue weighted by atomic mass is 9.61. The van der Waals surface area contributed by atoms with Gasteiger partial charge in [-0.1, -0.05) is 120 Å². The smallest absolute Gasteiger partial charge is 0.0547 e. The van der Waals surface area contributed by atoms with Crippen molar-refractivity contribution in [1.29, 1.82) is 0 Å². The van der Waals surface area contributed by atoms with E-state index in [1.165, 1.54) is 51.4 Å². The van der Waals surface area contributed by atoms with Gasteiger partial charge >= 0.3 is 0 Å². The highest BCUT2D eigenvalue weighted by Gasteiger charge is 2.62. The summed E-state index contributed by atoms with van der Waals surface area (Å²) in [6.45, 7) is 27.0. The van der Waals surface area contributed by atoms with Gasteiger partial charge in [0.25, 0.3) is 0 Å². The molecule has 1 heteroatoms. The molecule has 55 heavy (non-hydrogen) atoms. The van der Waals surface area contributed by atoms with Crippen molar-refractivity contribution in [2.45, 2.75) is 247 Å². The molecule has 0 aromatic heterocycles. The predicted octanol–water partition coefficient (Wildman–Crippen LogP) is 17.2. The molecular weight excluding hydrogens is 677 g/mol. The van der Waals surface area contributed by atoms with Crippen LogP contribution in [-0.4, -0.2) is 8.07 Å². The Bertz CT molecular complexity index is 1150. The zero-order valence-corrected chi connectivity index (χ0v) is 40.0. The predicted molar refractivity (Wildman–Crippen MR) is 242 cm³/mol. The highest BCUT2D eigenvalue weighted by molar-refractivity contribution is 6.80. The molecule has 0 amide bonds. The van der Waals surface area contributed by atoms with Crippen LogP contribution in [0, 0.1) is 92.7 Å². The van der Waals surface area contributed by atoms with Crippen molar-refractivity contribution in [2.75, 3.05) is 0 Å². The minimum atomic E-state index is -1.62. The molecular formula is C54H96Si. The third kappa shape index (κ3) is 8.46. The van der Waals surface area contributed by atoms with Gasteiger partial charge in [-0.25, -0.2) is 0 Å². The first-order valence-electron chi connectivity index (χ1n) is 26.0. The van der Waals surface area contributed by atoms with Crippen molar-refractivity contribution in [1.82, 2.24) is 0 Å². The summed E-state index contributed by atoms with van der Waals surface area (Å²) < 4.78 is 0. The molecule has 8 rings (SSSR count). The quantitative estimate of drug-likeness (QED) is 0.216.